The molecule has 4 heteroatoms. The normalized spacial score (nSPS) is 8.81. The maximum Gasteiger partial charge on any atom is 0.339 e. The molecule has 0 radical (unpaired) electrons. The summed E-state index contributed by atoms with van der Waals surface area (Å²) in [6, 6.07) is 3.21. The second-order valence-electron chi connectivity index (χ2n) is 2.83. The standard InChI is InChI=1S/C10H12O4.C2H6/c1-6-4-7(13-2)5-8(14-3)9(6)10(11)12;1-2/h4-5H,1-3H3,(H,11,12);1-2H3. The summed E-state index contributed by atoms with van der Waals surface area (Å²) >= 11 is 0. The zero-order chi connectivity index (χ0) is 12.7. The molecule has 0 aliphatic carbocycles. The molecule has 0 bridgehead atoms. The van der Waals surface area contributed by atoms with Gasteiger partial charge in [-0.25, -0.2) is 4.79 Å². The Labute approximate surface area is 95.8 Å². The van der Waals surface area contributed by atoms with Crippen molar-refractivity contribution < 1.29 is 19.4 Å². The van der Waals surface area contributed by atoms with Crippen LogP contribution in [0.2, 0.25) is 0 Å². The number of rotatable bonds is 3. The van der Waals surface area contributed by atoms with E-state index < -0.39 is 5.97 Å². The van der Waals surface area contributed by atoms with Gasteiger partial charge in [0.1, 0.15) is 17.1 Å². The van der Waals surface area contributed by atoms with E-state index in [0.717, 1.165) is 0 Å². The van der Waals surface area contributed by atoms with Gasteiger partial charge in [-0.15, -0.1) is 0 Å². The zero-order valence-electron chi connectivity index (χ0n) is 10.3. The number of benzene rings is 1. The lowest BCUT2D eigenvalue weighted by Crippen LogP contribution is -2.03. The van der Waals surface area contributed by atoms with Crippen LogP contribution in [-0.4, -0.2) is 25.3 Å². The molecule has 0 atom stereocenters. The van der Waals surface area contributed by atoms with Crippen LogP contribution in [0.5, 0.6) is 11.5 Å². The molecule has 1 rings (SSSR count). The average Bonchev–Trinajstić information content (AvgIpc) is 2.29. The third kappa shape index (κ3) is 3.15. The van der Waals surface area contributed by atoms with Crippen molar-refractivity contribution in [3.05, 3.63) is 23.3 Å². The zero-order valence-corrected chi connectivity index (χ0v) is 10.3. The Morgan fingerprint density at radius 3 is 2.12 bits per heavy atom. The molecule has 1 aromatic carbocycles. The summed E-state index contributed by atoms with van der Waals surface area (Å²) in [4.78, 5) is 10.9. The van der Waals surface area contributed by atoms with Gasteiger partial charge in [0.25, 0.3) is 0 Å². The highest BCUT2D eigenvalue weighted by molar-refractivity contribution is 5.93. The van der Waals surface area contributed by atoms with E-state index in [2.05, 4.69) is 0 Å². The number of carboxylic acids is 1. The quantitative estimate of drug-likeness (QED) is 0.861. The Morgan fingerprint density at radius 1 is 1.19 bits per heavy atom. The molecule has 4 nitrogen and oxygen atoms in total. The molecule has 90 valence electrons. The Bertz CT molecular complexity index is 358. The van der Waals surface area contributed by atoms with Gasteiger partial charge in [-0.1, -0.05) is 13.8 Å². The summed E-state index contributed by atoms with van der Waals surface area (Å²) in [6.07, 6.45) is 0. The monoisotopic (exact) mass is 226 g/mol. The van der Waals surface area contributed by atoms with E-state index in [1.165, 1.54) is 14.2 Å². The van der Waals surface area contributed by atoms with Gasteiger partial charge in [0.2, 0.25) is 0 Å². The summed E-state index contributed by atoms with van der Waals surface area (Å²) in [6.45, 7) is 5.70. The smallest absolute Gasteiger partial charge is 0.339 e. The Hall–Kier alpha value is -1.71. The molecule has 0 amide bonds. The fourth-order valence-electron chi connectivity index (χ4n) is 1.28. The first-order valence-electron chi connectivity index (χ1n) is 5.06. The minimum absolute atomic E-state index is 0.174. The van der Waals surface area contributed by atoms with Crippen LogP contribution in [0.1, 0.15) is 29.8 Å². The maximum atomic E-state index is 10.9. The predicted molar refractivity (Wildman–Crippen MR) is 62.6 cm³/mol. The van der Waals surface area contributed by atoms with Gasteiger partial charge in [0, 0.05) is 6.07 Å². The molecule has 16 heavy (non-hydrogen) atoms. The summed E-state index contributed by atoms with van der Waals surface area (Å²) in [7, 11) is 2.95. The maximum absolute atomic E-state index is 10.9. The van der Waals surface area contributed by atoms with Crippen molar-refractivity contribution in [2.45, 2.75) is 20.8 Å². The topological polar surface area (TPSA) is 55.8 Å². The minimum atomic E-state index is -0.998. The minimum Gasteiger partial charge on any atom is -0.497 e. The molecule has 0 saturated heterocycles. The van der Waals surface area contributed by atoms with Crippen molar-refractivity contribution in [1.82, 2.24) is 0 Å². The molecule has 0 aromatic heterocycles. The van der Waals surface area contributed by atoms with Gasteiger partial charge in [0.15, 0.2) is 0 Å². The van der Waals surface area contributed by atoms with Gasteiger partial charge in [0.05, 0.1) is 14.2 Å². The Morgan fingerprint density at radius 2 is 1.75 bits per heavy atom. The highest BCUT2D eigenvalue weighted by Crippen LogP contribution is 2.28. The van der Waals surface area contributed by atoms with Crippen molar-refractivity contribution in [3.8, 4) is 11.5 Å². The molecule has 0 aliphatic rings. The van der Waals surface area contributed by atoms with Crippen LogP contribution in [0, 0.1) is 6.92 Å². The number of hydrogen-bond acceptors (Lipinski definition) is 3. The first-order valence-corrected chi connectivity index (χ1v) is 5.06. The van der Waals surface area contributed by atoms with Crippen molar-refractivity contribution in [2.24, 2.45) is 0 Å². The van der Waals surface area contributed by atoms with Crippen LogP contribution < -0.4 is 9.47 Å². The molecule has 0 spiro atoms. The first-order chi connectivity index (χ1) is 7.60. The van der Waals surface area contributed by atoms with Crippen LogP contribution in [0.25, 0.3) is 0 Å². The van der Waals surface area contributed by atoms with Crippen LogP contribution in [0.4, 0.5) is 0 Å². The third-order valence-corrected chi connectivity index (χ3v) is 1.94. The number of aryl methyl sites for hydroxylation is 1. The summed E-state index contributed by atoms with van der Waals surface area (Å²) < 4.78 is 9.97. The van der Waals surface area contributed by atoms with Crippen molar-refractivity contribution >= 4 is 5.97 Å². The third-order valence-electron chi connectivity index (χ3n) is 1.94. The molecular formula is C12H18O4. The predicted octanol–water partition coefficient (Wildman–Crippen LogP) is 2.74. The van der Waals surface area contributed by atoms with E-state index >= 15 is 0 Å². The molecule has 0 heterocycles. The molecule has 0 aliphatic heterocycles. The first kappa shape index (κ1) is 14.3. The van der Waals surface area contributed by atoms with Crippen LogP contribution in [-0.2, 0) is 0 Å². The summed E-state index contributed by atoms with van der Waals surface area (Å²) in [5, 5.41) is 8.92. The van der Waals surface area contributed by atoms with Gasteiger partial charge in [-0.2, -0.15) is 0 Å². The number of aromatic carboxylic acids is 1. The van der Waals surface area contributed by atoms with E-state index in [4.69, 9.17) is 14.6 Å². The lowest BCUT2D eigenvalue weighted by Gasteiger charge is -2.10. The number of carbonyl (C=O) groups is 1. The second kappa shape index (κ2) is 6.71. The molecule has 1 aromatic rings. The van der Waals surface area contributed by atoms with Crippen LogP contribution in [0.3, 0.4) is 0 Å². The van der Waals surface area contributed by atoms with Gasteiger partial charge in [-0.3, -0.25) is 0 Å². The Kier molecular flexibility index (Phi) is 6.00. The molecule has 0 unspecified atom stereocenters. The average molecular weight is 226 g/mol. The Balaban J connectivity index is 0.00000106. The van der Waals surface area contributed by atoms with Crippen LogP contribution >= 0.6 is 0 Å². The van der Waals surface area contributed by atoms with E-state index in [1.54, 1.807) is 19.1 Å². The highest BCUT2D eigenvalue weighted by Gasteiger charge is 2.15. The second-order valence-corrected chi connectivity index (χ2v) is 2.83. The SMILES string of the molecule is CC.COc1cc(C)c(C(=O)O)c(OC)c1. The number of hydrogen-bond donors (Lipinski definition) is 1. The van der Waals surface area contributed by atoms with E-state index in [0.29, 0.717) is 17.1 Å². The van der Waals surface area contributed by atoms with Gasteiger partial charge < -0.3 is 14.6 Å². The molecule has 1 N–H and O–H groups in total. The lowest BCUT2D eigenvalue weighted by atomic mass is 10.1. The molecule has 0 fully saturated rings. The highest BCUT2D eigenvalue weighted by atomic mass is 16.5. The van der Waals surface area contributed by atoms with E-state index in [-0.39, 0.29) is 5.56 Å². The van der Waals surface area contributed by atoms with E-state index in [1.807, 2.05) is 13.8 Å². The molecule has 0 saturated carbocycles. The number of methoxy groups -OCH3 is 2. The largest absolute Gasteiger partial charge is 0.497 e. The van der Waals surface area contributed by atoms with E-state index in [9.17, 15) is 4.79 Å². The fourth-order valence-corrected chi connectivity index (χ4v) is 1.28. The summed E-state index contributed by atoms with van der Waals surface area (Å²) in [5.41, 5.74) is 0.794. The van der Waals surface area contributed by atoms with Crippen molar-refractivity contribution in [3.63, 3.8) is 0 Å². The van der Waals surface area contributed by atoms with Gasteiger partial charge >= 0.3 is 5.97 Å². The van der Waals surface area contributed by atoms with Crippen LogP contribution in [0.15, 0.2) is 12.1 Å². The van der Waals surface area contributed by atoms with Gasteiger partial charge in [-0.05, 0) is 18.6 Å². The van der Waals surface area contributed by atoms with Crippen molar-refractivity contribution in [2.75, 3.05) is 14.2 Å². The van der Waals surface area contributed by atoms with Crippen molar-refractivity contribution in [1.29, 1.82) is 0 Å². The number of carboxylic acid groups (broad SMARTS) is 1. The molecular weight excluding hydrogens is 208 g/mol. The fraction of sp³-hybridized carbons (Fsp3) is 0.417. The lowest BCUT2D eigenvalue weighted by molar-refractivity contribution is 0.0692. The number of ether oxygens (including phenoxy) is 2. The summed E-state index contributed by atoms with van der Waals surface area (Å²) in [5.74, 6) is -0.0966.